The number of fused-ring (bicyclic) bond motifs is 1. The number of likely N-dealkylation sites (N-methyl/N-ethyl adjacent to an activating group) is 1. The van der Waals surface area contributed by atoms with Gasteiger partial charge in [-0.05, 0) is 49.6 Å². The molecule has 0 spiro atoms. The molecule has 0 aliphatic carbocycles. The van der Waals surface area contributed by atoms with Gasteiger partial charge in [0.05, 0.1) is 10.6 Å². The van der Waals surface area contributed by atoms with Crippen molar-refractivity contribution in [2.45, 2.75) is 44.8 Å². The van der Waals surface area contributed by atoms with Gasteiger partial charge in [-0.25, -0.2) is 13.4 Å². The van der Waals surface area contributed by atoms with Crippen molar-refractivity contribution < 1.29 is 18.3 Å². The lowest BCUT2D eigenvalue weighted by molar-refractivity contribution is -0.137. The van der Waals surface area contributed by atoms with E-state index in [4.69, 9.17) is 5.11 Å². The van der Waals surface area contributed by atoms with E-state index in [0.717, 1.165) is 39.1 Å². The summed E-state index contributed by atoms with van der Waals surface area (Å²) in [7, 11) is -2.58. The Morgan fingerprint density at radius 1 is 1.28 bits per heavy atom. The lowest BCUT2D eigenvalue weighted by atomic mass is 10.1. The standard InChI is InChI=1S/C20H26N4O4S/c1-5-17-22-20-19(13(2)10-14(3)21-20)24(17)11-15-6-8-16(9-7-15)29(27,28)23(4)12-18(25)26/h6-10,17H,5,11-12H2,1-4H3,(H,21,22)(H,25,26). The van der Waals surface area contributed by atoms with E-state index in [1.165, 1.54) is 19.2 Å². The zero-order chi connectivity index (χ0) is 21.3. The van der Waals surface area contributed by atoms with E-state index in [0.29, 0.717) is 6.54 Å². The predicted molar refractivity (Wildman–Crippen MR) is 111 cm³/mol. The maximum Gasteiger partial charge on any atom is 0.318 e. The first-order chi connectivity index (χ1) is 13.6. The molecule has 9 heteroatoms. The number of sulfonamides is 1. The Kier molecular flexibility index (Phi) is 5.81. The number of aliphatic carboxylic acids is 1. The van der Waals surface area contributed by atoms with Crippen LogP contribution in [0.25, 0.3) is 0 Å². The highest BCUT2D eigenvalue weighted by Gasteiger charge is 2.30. The summed E-state index contributed by atoms with van der Waals surface area (Å²) in [6.45, 7) is 6.17. The number of pyridine rings is 1. The van der Waals surface area contributed by atoms with Crippen molar-refractivity contribution in [2.24, 2.45) is 0 Å². The van der Waals surface area contributed by atoms with E-state index >= 15 is 0 Å². The number of nitrogens with one attached hydrogen (secondary N) is 1. The summed E-state index contributed by atoms with van der Waals surface area (Å²) in [5, 5.41) is 12.3. The number of hydrogen-bond donors (Lipinski definition) is 2. The lowest BCUT2D eigenvalue weighted by Crippen LogP contribution is -2.34. The first-order valence-corrected chi connectivity index (χ1v) is 10.9. The van der Waals surface area contributed by atoms with Crippen LogP contribution >= 0.6 is 0 Å². The number of aryl methyl sites for hydroxylation is 2. The number of carboxylic acids is 1. The minimum Gasteiger partial charge on any atom is -0.480 e. The Bertz CT molecular complexity index is 1020. The van der Waals surface area contributed by atoms with Crippen LogP contribution < -0.4 is 10.2 Å². The van der Waals surface area contributed by atoms with E-state index in [-0.39, 0.29) is 11.1 Å². The predicted octanol–water partition coefficient (Wildman–Crippen LogP) is 2.57. The van der Waals surface area contributed by atoms with Gasteiger partial charge < -0.3 is 15.3 Å². The normalized spacial score (nSPS) is 16.0. The number of hydrogen-bond acceptors (Lipinski definition) is 6. The third kappa shape index (κ3) is 4.20. The zero-order valence-corrected chi connectivity index (χ0v) is 17.8. The lowest BCUT2D eigenvalue weighted by Gasteiger charge is -2.27. The number of nitrogens with zero attached hydrogens (tertiary/aromatic N) is 3. The molecule has 2 N–H and O–H groups in total. The van der Waals surface area contributed by atoms with Gasteiger partial charge in [0.2, 0.25) is 10.0 Å². The van der Waals surface area contributed by atoms with Gasteiger partial charge >= 0.3 is 5.97 Å². The summed E-state index contributed by atoms with van der Waals surface area (Å²) in [4.78, 5) is 17.8. The van der Waals surface area contributed by atoms with Gasteiger partial charge in [0.1, 0.15) is 12.7 Å². The molecule has 0 saturated carbocycles. The Morgan fingerprint density at radius 3 is 2.52 bits per heavy atom. The summed E-state index contributed by atoms with van der Waals surface area (Å²) in [6.07, 6.45) is 1.00. The molecule has 0 bridgehead atoms. The van der Waals surface area contributed by atoms with Crippen LogP contribution in [0, 0.1) is 13.8 Å². The first-order valence-electron chi connectivity index (χ1n) is 9.42. The molecule has 3 rings (SSSR count). The Morgan fingerprint density at radius 2 is 1.93 bits per heavy atom. The highest BCUT2D eigenvalue weighted by Crippen LogP contribution is 2.38. The first kappa shape index (κ1) is 21.1. The van der Waals surface area contributed by atoms with Crippen LogP contribution in [0.3, 0.4) is 0 Å². The molecule has 1 atom stereocenters. The van der Waals surface area contributed by atoms with Crippen LogP contribution in [-0.2, 0) is 21.4 Å². The largest absolute Gasteiger partial charge is 0.480 e. The van der Waals surface area contributed by atoms with Crippen LogP contribution in [0.15, 0.2) is 35.2 Å². The average Bonchev–Trinajstić information content (AvgIpc) is 2.99. The van der Waals surface area contributed by atoms with Gasteiger partial charge in [0.15, 0.2) is 5.82 Å². The molecule has 2 heterocycles. The van der Waals surface area contributed by atoms with E-state index in [2.05, 4.69) is 35.1 Å². The Hall–Kier alpha value is -2.65. The molecule has 2 aromatic rings. The summed E-state index contributed by atoms with van der Waals surface area (Å²) < 4.78 is 25.8. The third-order valence-corrected chi connectivity index (χ3v) is 6.82. The second-order valence-corrected chi connectivity index (χ2v) is 9.32. The van der Waals surface area contributed by atoms with Crippen molar-refractivity contribution in [3.8, 4) is 0 Å². The van der Waals surface area contributed by atoms with Gasteiger partial charge in [-0.15, -0.1) is 0 Å². The van der Waals surface area contributed by atoms with Gasteiger partial charge in [0.25, 0.3) is 0 Å². The second kappa shape index (κ2) is 8.00. The van der Waals surface area contributed by atoms with Gasteiger partial charge in [-0.1, -0.05) is 19.1 Å². The van der Waals surface area contributed by atoms with E-state index < -0.39 is 22.5 Å². The molecule has 1 aliphatic heterocycles. The zero-order valence-electron chi connectivity index (χ0n) is 17.0. The molecule has 0 radical (unpaired) electrons. The van der Waals surface area contributed by atoms with Gasteiger partial charge in [-0.2, -0.15) is 4.31 Å². The molecular formula is C20H26N4O4S. The quantitative estimate of drug-likeness (QED) is 0.712. The number of aromatic nitrogens is 1. The Balaban J connectivity index is 1.84. The van der Waals surface area contributed by atoms with Crippen LogP contribution in [0.5, 0.6) is 0 Å². The van der Waals surface area contributed by atoms with Gasteiger partial charge in [-0.3, -0.25) is 4.79 Å². The fourth-order valence-corrected chi connectivity index (χ4v) is 4.74. The molecule has 29 heavy (non-hydrogen) atoms. The molecule has 8 nitrogen and oxygen atoms in total. The summed E-state index contributed by atoms with van der Waals surface area (Å²) >= 11 is 0. The van der Waals surface area contributed by atoms with Crippen molar-refractivity contribution in [1.82, 2.24) is 9.29 Å². The van der Waals surface area contributed by atoms with Crippen molar-refractivity contribution >= 4 is 27.5 Å². The van der Waals surface area contributed by atoms with Crippen LogP contribution in [0.2, 0.25) is 0 Å². The molecule has 1 aliphatic rings. The molecule has 1 aromatic carbocycles. The van der Waals surface area contributed by atoms with E-state index in [1.807, 2.05) is 6.92 Å². The van der Waals surface area contributed by atoms with Crippen LogP contribution in [0.1, 0.15) is 30.2 Å². The fourth-order valence-electron chi connectivity index (χ4n) is 3.62. The Labute approximate surface area is 171 Å². The molecule has 0 saturated heterocycles. The molecule has 156 valence electrons. The van der Waals surface area contributed by atoms with Crippen molar-refractivity contribution in [3.05, 3.63) is 47.2 Å². The summed E-state index contributed by atoms with van der Waals surface area (Å²) in [5.74, 6) is -0.318. The summed E-state index contributed by atoms with van der Waals surface area (Å²) in [6, 6.07) is 8.63. The fraction of sp³-hybridized carbons (Fsp3) is 0.400. The third-order valence-electron chi connectivity index (χ3n) is 5.01. The molecular weight excluding hydrogens is 392 g/mol. The molecule has 0 amide bonds. The number of anilines is 2. The number of benzene rings is 1. The van der Waals surface area contributed by atoms with Gasteiger partial charge in [0, 0.05) is 19.3 Å². The minimum absolute atomic E-state index is 0.0745. The number of carbonyl (C=O) groups is 1. The van der Waals surface area contributed by atoms with E-state index in [9.17, 15) is 13.2 Å². The van der Waals surface area contributed by atoms with Crippen molar-refractivity contribution in [1.29, 1.82) is 0 Å². The topological polar surface area (TPSA) is 103 Å². The highest BCUT2D eigenvalue weighted by molar-refractivity contribution is 7.89. The monoisotopic (exact) mass is 418 g/mol. The van der Waals surface area contributed by atoms with Crippen molar-refractivity contribution in [3.63, 3.8) is 0 Å². The maximum absolute atomic E-state index is 12.5. The molecule has 1 aromatic heterocycles. The van der Waals surface area contributed by atoms with Crippen molar-refractivity contribution in [2.75, 3.05) is 23.8 Å². The smallest absolute Gasteiger partial charge is 0.318 e. The average molecular weight is 419 g/mol. The molecule has 1 unspecified atom stereocenters. The SMILES string of the molecule is CCC1Nc2nc(C)cc(C)c2N1Cc1ccc(S(=O)(=O)N(C)CC(=O)O)cc1. The highest BCUT2D eigenvalue weighted by atomic mass is 32.2. The molecule has 0 fully saturated rings. The van der Waals surface area contributed by atoms with E-state index in [1.54, 1.807) is 12.1 Å². The van der Waals surface area contributed by atoms with Crippen LogP contribution in [-0.4, -0.2) is 48.5 Å². The number of rotatable bonds is 7. The summed E-state index contributed by atoms with van der Waals surface area (Å²) in [5.41, 5.74) is 4.13. The minimum atomic E-state index is -3.84. The van der Waals surface area contributed by atoms with Crippen LogP contribution in [0.4, 0.5) is 11.5 Å². The second-order valence-electron chi connectivity index (χ2n) is 7.27. The maximum atomic E-state index is 12.5. The number of carboxylic acid groups (broad SMARTS) is 1.